The van der Waals surface area contributed by atoms with Crippen molar-refractivity contribution in [3.05, 3.63) is 35.9 Å². The second kappa shape index (κ2) is 52.4. The molecular formula is C23H46K10N2O4. The van der Waals surface area contributed by atoms with Crippen molar-refractivity contribution in [3.8, 4) is 0 Å². The van der Waals surface area contributed by atoms with Crippen LogP contribution in [0.3, 0.4) is 0 Å². The van der Waals surface area contributed by atoms with Gasteiger partial charge in [-0.15, -0.1) is 0 Å². The molecule has 39 heavy (non-hydrogen) atoms. The number of ether oxygens (including phenoxy) is 2. The van der Waals surface area contributed by atoms with Crippen LogP contribution in [0.25, 0.3) is 0 Å². The van der Waals surface area contributed by atoms with Gasteiger partial charge in [-0.2, -0.15) is 0 Å². The van der Waals surface area contributed by atoms with Gasteiger partial charge < -0.3 is 34.4 Å². The number of benzene rings is 1. The number of carbonyl (C=O) groups excluding carboxylic acids is 2. The van der Waals surface area contributed by atoms with Gasteiger partial charge >= 0.3 is 514 Å². The Morgan fingerprint density at radius 3 is 1.97 bits per heavy atom. The Hall–Kier alpha value is 14.4. The van der Waals surface area contributed by atoms with Crippen molar-refractivity contribution >= 4 is 11.8 Å². The molecule has 182 valence electrons. The first-order valence-corrected chi connectivity index (χ1v) is 10.7. The number of nitrogens with one attached hydrogen (secondary N) is 2. The second-order valence-electron chi connectivity index (χ2n) is 7.97. The van der Waals surface area contributed by atoms with Gasteiger partial charge in [0.25, 0.3) is 0 Å². The number of carbonyl (C=O) groups is 2. The Kier molecular flexibility index (Phi) is 100. The van der Waals surface area contributed by atoms with Gasteiger partial charge in [0.15, 0.2) is 0 Å². The summed E-state index contributed by atoms with van der Waals surface area (Å²) in [6.07, 6.45) is 4.59. The SMILES string of the molecule is COCCOCCC(=O)NCCCC(=O)N[C@@H]1CC(Cc2ccccc2)[C@H](C)C1.[H-].[H-].[H-].[H-].[H-].[H-].[H-].[H-].[H-].[H-].[K+].[K+].[K+].[K+].[K+].[K+].[K+].[K+].[K+].[K+]. The minimum atomic E-state index is -0.0452. The monoisotopic (exact) mass is 804 g/mol. The van der Waals surface area contributed by atoms with Crippen LogP contribution in [0.15, 0.2) is 30.3 Å². The zero-order valence-electron chi connectivity index (χ0n) is 37.8. The van der Waals surface area contributed by atoms with Crippen molar-refractivity contribution in [1.82, 2.24) is 10.6 Å². The summed E-state index contributed by atoms with van der Waals surface area (Å²) in [6.45, 7) is 4.22. The second-order valence-corrected chi connectivity index (χ2v) is 7.97. The Morgan fingerprint density at radius 1 is 0.821 bits per heavy atom. The molecule has 0 aromatic heterocycles. The van der Waals surface area contributed by atoms with Gasteiger partial charge in [-0.1, -0.05) is 37.3 Å². The number of hydrogen-bond donors (Lipinski definition) is 2. The summed E-state index contributed by atoms with van der Waals surface area (Å²) >= 11 is 0. The van der Waals surface area contributed by atoms with Crippen molar-refractivity contribution in [1.29, 1.82) is 0 Å². The number of hydrogen-bond acceptors (Lipinski definition) is 4. The smallest absolute Gasteiger partial charge is 1.00 e. The fourth-order valence-corrected chi connectivity index (χ4v) is 3.93. The quantitative estimate of drug-likeness (QED) is 0.154. The van der Waals surface area contributed by atoms with E-state index in [1.54, 1.807) is 7.11 Å². The third-order valence-corrected chi connectivity index (χ3v) is 5.56. The molecule has 2 N–H and O–H groups in total. The molecule has 2 amide bonds. The molecule has 16 heteroatoms. The minimum Gasteiger partial charge on any atom is -1.00 e. The standard InChI is InChI=1S/C23H36N2O4.10K.10H/c1-18-15-21(17-20(18)16-19-7-4-3-5-8-19)25-23(27)9-6-11-24-22(26)10-12-29-14-13-28-2;;;;;;;;;;;;;;;;;;;;/h3-5,7-8,18,20-21H,6,9-17H2,1-2H3,(H,24,26)(H,25,27);;;;;;;;;;;;;;;;;;;;/q;10*+1;10*-1/t18-,20?,21+;;;;;;;;;;;;;;;;;;;;/m1..................../s1. The topological polar surface area (TPSA) is 76.7 Å². The normalized spacial score (nSPS) is 15.7. The van der Waals surface area contributed by atoms with Crippen molar-refractivity contribution in [2.75, 3.05) is 33.5 Å². The summed E-state index contributed by atoms with van der Waals surface area (Å²) in [5, 5.41) is 6.02. The molecule has 0 spiro atoms. The Balaban J connectivity index is -0.0000000265. The average Bonchev–Trinajstić information content (AvgIpc) is 3.04. The van der Waals surface area contributed by atoms with Gasteiger partial charge in [0.1, 0.15) is 0 Å². The maximum absolute atomic E-state index is 12.2. The van der Waals surface area contributed by atoms with Crippen LogP contribution in [0, 0.1) is 11.8 Å². The summed E-state index contributed by atoms with van der Waals surface area (Å²) in [5.41, 5.74) is 1.37. The molecule has 2 rings (SSSR count). The Bertz CT molecular complexity index is 676. The maximum Gasteiger partial charge on any atom is 1.00 e. The van der Waals surface area contributed by atoms with Crippen LogP contribution in [0.1, 0.15) is 58.9 Å². The molecule has 0 heterocycles. The van der Waals surface area contributed by atoms with E-state index in [4.69, 9.17) is 9.47 Å². The van der Waals surface area contributed by atoms with E-state index in [0.29, 0.717) is 57.5 Å². The van der Waals surface area contributed by atoms with Gasteiger partial charge in [-0.25, -0.2) is 0 Å². The van der Waals surface area contributed by atoms with Crippen LogP contribution in [-0.4, -0.2) is 51.3 Å². The molecule has 1 aromatic rings. The van der Waals surface area contributed by atoms with Crippen LogP contribution in [0.4, 0.5) is 0 Å². The molecule has 1 aromatic carbocycles. The van der Waals surface area contributed by atoms with E-state index >= 15 is 0 Å². The largest absolute Gasteiger partial charge is 1.00 e. The summed E-state index contributed by atoms with van der Waals surface area (Å²) in [5.74, 6) is 1.27. The first-order chi connectivity index (χ1) is 14.1. The predicted octanol–water partition coefficient (Wildman–Crippen LogP) is -26.1. The fraction of sp³-hybridized carbons (Fsp3) is 0.652. The molecule has 6 nitrogen and oxygen atoms in total. The van der Waals surface area contributed by atoms with E-state index in [1.165, 1.54) is 5.56 Å². The molecule has 0 aliphatic heterocycles. The van der Waals surface area contributed by atoms with E-state index in [9.17, 15) is 9.59 Å². The van der Waals surface area contributed by atoms with E-state index in [1.807, 2.05) is 6.07 Å². The van der Waals surface area contributed by atoms with Crippen molar-refractivity contribution in [2.24, 2.45) is 11.8 Å². The first-order valence-electron chi connectivity index (χ1n) is 10.7. The van der Waals surface area contributed by atoms with Crippen molar-refractivity contribution < 1.29 is 547 Å². The third kappa shape index (κ3) is 41.9. The van der Waals surface area contributed by atoms with E-state index in [2.05, 4.69) is 41.8 Å². The Morgan fingerprint density at radius 2 is 1.41 bits per heavy atom. The summed E-state index contributed by atoms with van der Waals surface area (Å²) in [7, 11) is 1.61. The predicted molar refractivity (Wildman–Crippen MR) is 125 cm³/mol. The number of amides is 2. The van der Waals surface area contributed by atoms with Crippen LogP contribution in [0.5, 0.6) is 0 Å². The zero-order chi connectivity index (χ0) is 20.9. The van der Waals surface area contributed by atoms with Gasteiger partial charge in [0, 0.05) is 32.5 Å². The van der Waals surface area contributed by atoms with Crippen molar-refractivity contribution in [2.45, 2.75) is 51.5 Å². The molecule has 1 saturated carbocycles. The molecule has 1 aliphatic carbocycles. The van der Waals surface area contributed by atoms with E-state index in [-0.39, 0.29) is 546 Å². The summed E-state index contributed by atoms with van der Waals surface area (Å²) < 4.78 is 10.1. The van der Waals surface area contributed by atoms with Crippen LogP contribution < -0.4 is 524 Å². The van der Waals surface area contributed by atoms with Crippen LogP contribution in [0.2, 0.25) is 0 Å². The molecule has 0 radical (unpaired) electrons. The first kappa shape index (κ1) is 74.4. The fourth-order valence-electron chi connectivity index (χ4n) is 3.93. The van der Waals surface area contributed by atoms with E-state index in [0.717, 1.165) is 19.3 Å². The van der Waals surface area contributed by atoms with Gasteiger partial charge in [-0.3, -0.25) is 9.59 Å². The summed E-state index contributed by atoms with van der Waals surface area (Å²) in [4.78, 5) is 23.9. The minimum absolute atomic E-state index is 0. The summed E-state index contributed by atoms with van der Waals surface area (Å²) in [6, 6.07) is 10.8. The average molecular weight is 806 g/mol. The molecule has 1 aliphatic rings. The van der Waals surface area contributed by atoms with Crippen molar-refractivity contribution in [3.63, 3.8) is 0 Å². The molecule has 0 saturated heterocycles. The van der Waals surface area contributed by atoms with Crippen LogP contribution >= 0.6 is 0 Å². The zero-order valence-corrected chi connectivity index (χ0v) is 59.1. The van der Waals surface area contributed by atoms with Gasteiger partial charge in [0.2, 0.25) is 11.8 Å². The molecule has 1 fully saturated rings. The molecule has 0 bridgehead atoms. The third-order valence-electron chi connectivity index (χ3n) is 5.56. The van der Waals surface area contributed by atoms with Gasteiger partial charge in [-0.05, 0) is 43.1 Å². The van der Waals surface area contributed by atoms with Gasteiger partial charge in [0.05, 0.1) is 19.8 Å². The molecule has 1 unspecified atom stereocenters. The number of rotatable bonds is 13. The molecular weight excluding hydrogens is 759 g/mol. The molecule has 3 atom stereocenters. The van der Waals surface area contributed by atoms with E-state index < -0.39 is 0 Å². The van der Waals surface area contributed by atoms with Crippen LogP contribution in [-0.2, 0) is 25.5 Å². The number of methoxy groups -OCH3 is 1. The maximum atomic E-state index is 12.2. The Labute approximate surface area is 678 Å².